The number of rotatable bonds is 2. The van der Waals surface area contributed by atoms with Gasteiger partial charge < -0.3 is 0 Å². The van der Waals surface area contributed by atoms with E-state index in [9.17, 15) is 26.3 Å². The summed E-state index contributed by atoms with van der Waals surface area (Å²) in [5.41, 5.74) is -1.39. The molecule has 0 bridgehead atoms. The van der Waals surface area contributed by atoms with E-state index in [1.165, 1.54) is 24.3 Å². The topological polar surface area (TPSA) is 0 Å². The van der Waals surface area contributed by atoms with Crippen molar-refractivity contribution in [3.05, 3.63) is 83.4 Å². The Labute approximate surface area is 133 Å². The summed E-state index contributed by atoms with van der Waals surface area (Å²) in [6.45, 7) is 0. The first-order valence-corrected chi connectivity index (χ1v) is 6.78. The molecule has 3 aromatic rings. The quantitative estimate of drug-likeness (QED) is 0.312. The van der Waals surface area contributed by atoms with Gasteiger partial charge in [-0.25, -0.2) is 26.3 Å². The molecule has 0 saturated heterocycles. The van der Waals surface area contributed by atoms with Crippen LogP contribution in [0.25, 0.3) is 22.3 Å². The van der Waals surface area contributed by atoms with Gasteiger partial charge in [0.2, 0.25) is 0 Å². The predicted octanol–water partition coefficient (Wildman–Crippen LogP) is 5.86. The Morgan fingerprint density at radius 3 is 1.67 bits per heavy atom. The highest BCUT2D eigenvalue weighted by Crippen LogP contribution is 2.37. The molecule has 0 amide bonds. The molecule has 0 nitrogen and oxygen atoms in total. The zero-order valence-electron chi connectivity index (χ0n) is 11.9. The third-order valence-corrected chi connectivity index (χ3v) is 3.57. The van der Waals surface area contributed by atoms with Crippen LogP contribution in [-0.4, -0.2) is 0 Å². The van der Waals surface area contributed by atoms with E-state index in [4.69, 9.17) is 0 Å². The summed E-state index contributed by atoms with van der Waals surface area (Å²) in [6.07, 6.45) is 0. The Kier molecular flexibility index (Phi) is 4.05. The molecule has 0 radical (unpaired) electrons. The van der Waals surface area contributed by atoms with Crippen LogP contribution in [0.2, 0.25) is 0 Å². The Morgan fingerprint density at radius 1 is 0.417 bits per heavy atom. The SMILES string of the molecule is Fc1ccc(-c2ccccc2-c2c(F)ccc(F)c2F)c(F)c1F. The van der Waals surface area contributed by atoms with E-state index in [2.05, 4.69) is 0 Å². The highest BCUT2D eigenvalue weighted by atomic mass is 19.2. The maximum Gasteiger partial charge on any atom is 0.195 e. The number of halogens is 6. The van der Waals surface area contributed by atoms with Crippen molar-refractivity contribution in [2.75, 3.05) is 0 Å². The van der Waals surface area contributed by atoms with Crippen molar-refractivity contribution in [3.8, 4) is 22.3 Å². The van der Waals surface area contributed by atoms with Crippen LogP contribution in [-0.2, 0) is 0 Å². The molecule has 0 aliphatic carbocycles. The van der Waals surface area contributed by atoms with Crippen LogP contribution in [0.3, 0.4) is 0 Å². The fourth-order valence-electron chi connectivity index (χ4n) is 2.44. The van der Waals surface area contributed by atoms with E-state index in [0.717, 1.165) is 12.1 Å². The van der Waals surface area contributed by atoms with Crippen LogP contribution < -0.4 is 0 Å². The summed E-state index contributed by atoms with van der Waals surface area (Å²) in [4.78, 5) is 0. The Bertz CT molecular complexity index is 933. The van der Waals surface area contributed by atoms with E-state index in [0.29, 0.717) is 12.1 Å². The molecule has 6 heteroatoms. The fourth-order valence-corrected chi connectivity index (χ4v) is 2.44. The predicted molar refractivity (Wildman–Crippen MR) is 77.1 cm³/mol. The van der Waals surface area contributed by atoms with E-state index < -0.39 is 46.0 Å². The molecule has 0 fully saturated rings. The summed E-state index contributed by atoms with van der Waals surface area (Å²) in [7, 11) is 0. The lowest BCUT2D eigenvalue weighted by Gasteiger charge is -2.13. The van der Waals surface area contributed by atoms with Gasteiger partial charge in [0.1, 0.15) is 5.82 Å². The smallest absolute Gasteiger partial charge is 0.195 e. The van der Waals surface area contributed by atoms with Crippen molar-refractivity contribution in [1.29, 1.82) is 0 Å². The molecule has 0 atom stereocenters. The van der Waals surface area contributed by atoms with Gasteiger partial charge >= 0.3 is 0 Å². The molecule has 0 aliphatic heterocycles. The second-order valence-corrected chi connectivity index (χ2v) is 4.99. The molecule has 0 heterocycles. The molecule has 0 saturated carbocycles. The van der Waals surface area contributed by atoms with Crippen LogP contribution >= 0.6 is 0 Å². The normalized spacial score (nSPS) is 10.9. The lowest BCUT2D eigenvalue weighted by Crippen LogP contribution is -1.99. The second kappa shape index (κ2) is 6.03. The third-order valence-electron chi connectivity index (χ3n) is 3.57. The molecule has 0 unspecified atom stereocenters. The van der Waals surface area contributed by atoms with Crippen LogP contribution in [0.1, 0.15) is 0 Å². The van der Waals surface area contributed by atoms with Crippen molar-refractivity contribution in [3.63, 3.8) is 0 Å². The van der Waals surface area contributed by atoms with E-state index in [1.54, 1.807) is 0 Å². The van der Waals surface area contributed by atoms with Crippen LogP contribution in [0.5, 0.6) is 0 Å². The minimum atomic E-state index is -1.71. The first-order chi connectivity index (χ1) is 11.4. The van der Waals surface area contributed by atoms with Crippen molar-refractivity contribution in [1.82, 2.24) is 0 Å². The molecule has 24 heavy (non-hydrogen) atoms. The minimum Gasteiger partial charge on any atom is -0.206 e. The molecule has 0 aliphatic rings. The van der Waals surface area contributed by atoms with Crippen molar-refractivity contribution >= 4 is 0 Å². The largest absolute Gasteiger partial charge is 0.206 e. The summed E-state index contributed by atoms with van der Waals surface area (Å²) in [6, 6.07) is 8.33. The summed E-state index contributed by atoms with van der Waals surface area (Å²) < 4.78 is 82.1. The molecule has 0 aromatic heterocycles. The highest BCUT2D eigenvalue weighted by molar-refractivity contribution is 5.84. The van der Waals surface area contributed by atoms with Crippen molar-refractivity contribution in [2.45, 2.75) is 0 Å². The first kappa shape index (κ1) is 16.1. The zero-order valence-corrected chi connectivity index (χ0v) is 11.9. The van der Waals surface area contributed by atoms with Gasteiger partial charge in [-0.15, -0.1) is 0 Å². The molecule has 3 aromatic carbocycles. The number of hydrogen-bond acceptors (Lipinski definition) is 0. The van der Waals surface area contributed by atoms with Crippen molar-refractivity contribution < 1.29 is 26.3 Å². The average Bonchev–Trinajstić information content (AvgIpc) is 2.57. The van der Waals surface area contributed by atoms with Gasteiger partial charge in [-0.2, -0.15) is 0 Å². The zero-order chi connectivity index (χ0) is 17.4. The number of hydrogen-bond donors (Lipinski definition) is 0. The number of benzene rings is 3. The van der Waals surface area contributed by atoms with Gasteiger partial charge in [-0.1, -0.05) is 24.3 Å². The molecular formula is C18H8F6. The standard InChI is InChI=1S/C18H8F6/c19-12-7-8-13(20)17(23)15(12)10-4-2-1-3-9(10)11-5-6-14(21)18(24)16(11)22/h1-8H. The van der Waals surface area contributed by atoms with Crippen LogP contribution in [0.15, 0.2) is 48.5 Å². The maximum atomic E-state index is 14.0. The van der Waals surface area contributed by atoms with Gasteiger partial charge in [-0.05, 0) is 35.4 Å². The molecular weight excluding hydrogens is 330 g/mol. The summed E-state index contributed by atoms with van der Waals surface area (Å²) in [5, 5.41) is 0. The summed E-state index contributed by atoms with van der Waals surface area (Å²) >= 11 is 0. The lowest BCUT2D eigenvalue weighted by molar-refractivity contribution is 0.449. The Balaban J connectivity index is 2.33. The Morgan fingerprint density at radius 2 is 0.958 bits per heavy atom. The van der Waals surface area contributed by atoms with Gasteiger partial charge in [-0.3, -0.25) is 0 Å². The van der Waals surface area contributed by atoms with Crippen LogP contribution in [0.4, 0.5) is 26.3 Å². The third kappa shape index (κ3) is 2.54. The monoisotopic (exact) mass is 338 g/mol. The van der Waals surface area contributed by atoms with Crippen LogP contribution in [0, 0.1) is 34.9 Å². The molecule has 0 N–H and O–H groups in total. The first-order valence-electron chi connectivity index (χ1n) is 6.78. The van der Waals surface area contributed by atoms with E-state index >= 15 is 0 Å². The fraction of sp³-hybridized carbons (Fsp3) is 0. The highest BCUT2D eigenvalue weighted by Gasteiger charge is 2.22. The molecule has 122 valence electrons. The van der Waals surface area contributed by atoms with E-state index in [-0.39, 0.29) is 11.1 Å². The summed E-state index contributed by atoms with van der Waals surface area (Å²) in [5.74, 6) is -8.40. The lowest BCUT2D eigenvalue weighted by atomic mass is 9.93. The van der Waals surface area contributed by atoms with Crippen molar-refractivity contribution in [2.24, 2.45) is 0 Å². The molecule has 3 rings (SSSR count). The minimum absolute atomic E-state index is 0.0997. The Hall–Kier alpha value is -2.76. The maximum absolute atomic E-state index is 14.0. The van der Waals surface area contributed by atoms with Gasteiger partial charge in [0.05, 0.1) is 5.56 Å². The van der Waals surface area contributed by atoms with Gasteiger partial charge in [0.15, 0.2) is 29.1 Å². The van der Waals surface area contributed by atoms with Gasteiger partial charge in [0.25, 0.3) is 0 Å². The van der Waals surface area contributed by atoms with E-state index in [1.807, 2.05) is 0 Å². The molecule has 0 spiro atoms. The average molecular weight is 338 g/mol. The van der Waals surface area contributed by atoms with Gasteiger partial charge in [0, 0.05) is 5.56 Å². The second-order valence-electron chi connectivity index (χ2n) is 4.99.